The maximum Gasteiger partial charge on any atom is 0.433 e. The maximum absolute atomic E-state index is 12.6. The number of alkyl halides is 3. The SMILES string of the molecule is CC[C@H]1CC[C@H]([C@H]2CC[C@H](c3ccc(C(F)(F)F)nc3)CC2)CC1. The van der Waals surface area contributed by atoms with Gasteiger partial charge in [0.1, 0.15) is 5.69 Å². The molecular formula is C20H28F3N. The van der Waals surface area contributed by atoms with Gasteiger partial charge in [-0.15, -0.1) is 0 Å². The maximum atomic E-state index is 12.6. The molecule has 4 heteroatoms. The van der Waals surface area contributed by atoms with Crippen molar-refractivity contribution in [2.75, 3.05) is 0 Å². The summed E-state index contributed by atoms with van der Waals surface area (Å²) in [5.41, 5.74) is 0.198. The van der Waals surface area contributed by atoms with Gasteiger partial charge in [-0.3, -0.25) is 4.98 Å². The van der Waals surface area contributed by atoms with Crippen LogP contribution in [0.1, 0.15) is 81.9 Å². The number of pyridine rings is 1. The van der Waals surface area contributed by atoms with E-state index in [1.807, 2.05) is 0 Å². The summed E-state index contributed by atoms with van der Waals surface area (Å²) in [5.74, 6) is 3.06. The summed E-state index contributed by atoms with van der Waals surface area (Å²) >= 11 is 0. The second-order valence-corrected chi connectivity index (χ2v) is 7.78. The minimum absolute atomic E-state index is 0.392. The zero-order valence-corrected chi connectivity index (χ0v) is 14.5. The van der Waals surface area contributed by atoms with Crippen LogP contribution >= 0.6 is 0 Å². The minimum Gasteiger partial charge on any atom is -0.251 e. The van der Waals surface area contributed by atoms with Crippen LogP contribution < -0.4 is 0 Å². The van der Waals surface area contributed by atoms with Gasteiger partial charge in [0.25, 0.3) is 0 Å². The van der Waals surface area contributed by atoms with E-state index in [2.05, 4.69) is 11.9 Å². The zero-order valence-electron chi connectivity index (χ0n) is 14.5. The van der Waals surface area contributed by atoms with Gasteiger partial charge in [0, 0.05) is 6.20 Å². The van der Waals surface area contributed by atoms with Gasteiger partial charge >= 0.3 is 6.18 Å². The molecule has 2 aliphatic rings. The van der Waals surface area contributed by atoms with Gasteiger partial charge in [-0.2, -0.15) is 13.2 Å². The quantitative estimate of drug-likeness (QED) is 0.605. The zero-order chi connectivity index (χ0) is 17.2. The summed E-state index contributed by atoms with van der Waals surface area (Å²) in [6, 6.07) is 2.76. The van der Waals surface area contributed by atoms with Crippen molar-refractivity contribution >= 4 is 0 Å². The van der Waals surface area contributed by atoms with Crippen LogP contribution in [0.25, 0.3) is 0 Å². The highest BCUT2D eigenvalue weighted by Crippen LogP contribution is 2.44. The first-order valence-electron chi connectivity index (χ1n) is 9.50. The lowest BCUT2D eigenvalue weighted by Gasteiger charge is -2.37. The average Bonchev–Trinajstić information content (AvgIpc) is 2.61. The number of rotatable bonds is 3. The highest BCUT2D eigenvalue weighted by atomic mass is 19.4. The van der Waals surface area contributed by atoms with Crippen LogP contribution in [0.2, 0.25) is 0 Å². The molecule has 1 aromatic rings. The first kappa shape index (κ1) is 17.8. The standard InChI is InChI=1S/C20H28F3N/c1-2-14-3-5-15(6-4-14)16-7-9-17(10-8-16)18-11-12-19(24-13-18)20(21,22)23/h11-17H,2-10H2,1H3/t14-,15-,16-,17-. The fourth-order valence-corrected chi connectivity index (χ4v) is 4.81. The molecule has 134 valence electrons. The second kappa shape index (κ2) is 7.45. The molecule has 1 aromatic heterocycles. The van der Waals surface area contributed by atoms with Crippen molar-refractivity contribution in [1.29, 1.82) is 0 Å². The van der Waals surface area contributed by atoms with E-state index in [-0.39, 0.29) is 0 Å². The first-order valence-corrected chi connectivity index (χ1v) is 9.50. The highest BCUT2D eigenvalue weighted by Gasteiger charge is 2.33. The van der Waals surface area contributed by atoms with Crippen LogP contribution in [0.5, 0.6) is 0 Å². The van der Waals surface area contributed by atoms with E-state index in [1.54, 1.807) is 6.07 Å². The lowest BCUT2D eigenvalue weighted by atomic mass is 9.68. The predicted molar refractivity (Wildman–Crippen MR) is 89.7 cm³/mol. The molecule has 0 radical (unpaired) electrons. The molecule has 0 saturated heterocycles. The second-order valence-electron chi connectivity index (χ2n) is 7.78. The Kier molecular flexibility index (Phi) is 5.51. The van der Waals surface area contributed by atoms with Crippen LogP contribution in [0.3, 0.4) is 0 Å². The summed E-state index contributed by atoms with van der Waals surface area (Å²) < 4.78 is 37.8. The number of hydrogen-bond acceptors (Lipinski definition) is 1. The first-order chi connectivity index (χ1) is 11.5. The van der Waals surface area contributed by atoms with E-state index in [1.165, 1.54) is 51.1 Å². The Balaban J connectivity index is 1.52. The Morgan fingerprint density at radius 3 is 1.96 bits per heavy atom. The summed E-state index contributed by atoms with van der Waals surface area (Å²) in [5, 5.41) is 0. The molecule has 3 rings (SSSR count). The van der Waals surface area contributed by atoms with Crippen LogP contribution in [0.4, 0.5) is 13.2 Å². The molecule has 1 heterocycles. The van der Waals surface area contributed by atoms with Gasteiger partial charge in [-0.05, 0) is 73.8 Å². The predicted octanol–water partition coefficient (Wildman–Crippen LogP) is 6.59. The van der Waals surface area contributed by atoms with Crippen LogP contribution in [-0.2, 0) is 6.18 Å². The summed E-state index contributed by atoms with van der Waals surface area (Å²) in [7, 11) is 0. The molecule has 0 unspecified atom stereocenters. The topological polar surface area (TPSA) is 12.9 Å². The number of hydrogen-bond donors (Lipinski definition) is 0. The fourth-order valence-electron chi connectivity index (χ4n) is 4.81. The smallest absolute Gasteiger partial charge is 0.251 e. The van der Waals surface area contributed by atoms with Crippen LogP contribution in [-0.4, -0.2) is 4.98 Å². The molecule has 2 saturated carbocycles. The van der Waals surface area contributed by atoms with E-state index in [4.69, 9.17) is 0 Å². The van der Waals surface area contributed by atoms with Gasteiger partial charge < -0.3 is 0 Å². The van der Waals surface area contributed by atoms with E-state index < -0.39 is 11.9 Å². The minimum atomic E-state index is -4.34. The van der Waals surface area contributed by atoms with Gasteiger partial charge in [-0.1, -0.05) is 32.3 Å². The van der Waals surface area contributed by atoms with Gasteiger partial charge in [0.2, 0.25) is 0 Å². The monoisotopic (exact) mass is 339 g/mol. The van der Waals surface area contributed by atoms with Crippen LogP contribution in [0.15, 0.2) is 18.3 Å². The highest BCUT2D eigenvalue weighted by molar-refractivity contribution is 5.20. The van der Waals surface area contributed by atoms with Gasteiger partial charge in [0.15, 0.2) is 0 Å². The summed E-state index contributed by atoms with van der Waals surface area (Å²) in [4.78, 5) is 3.63. The van der Waals surface area contributed by atoms with E-state index in [0.717, 1.165) is 42.2 Å². The van der Waals surface area contributed by atoms with E-state index in [0.29, 0.717) is 5.92 Å². The van der Waals surface area contributed by atoms with Crippen molar-refractivity contribution in [2.24, 2.45) is 17.8 Å². The van der Waals surface area contributed by atoms with Gasteiger partial charge in [-0.25, -0.2) is 0 Å². The van der Waals surface area contributed by atoms with E-state index in [9.17, 15) is 13.2 Å². The molecule has 0 aromatic carbocycles. The lowest BCUT2D eigenvalue weighted by Crippen LogP contribution is -2.25. The third-order valence-electron chi connectivity index (χ3n) is 6.46. The Hall–Kier alpha value is -1.06. The Morgan fingerprint density at radius 1 is 0.917 bits per heavy atom. The largest absolute Gasteiger partial charge is 0.433 e. The van der Waals surface area contributed by atoms with Crippen molar-refractivity contribution in [3.8, 4) is 0 Å². The summed E-state index contributed by atoms with van der Waals surface area (Å²) in [6.07, 6.45) is 8.64. The molecule has 24 heavy (non-hydrogen) atoms. The third-order valence-corrected chi connectivity index (χ3v) is 6.46. The van der Waals surface area contributed by atoms with Crippen molar-refractivity contribution in [3.63, 3.8) is 0 Å². The lowest BCUT2D eigenvalue weighted by molar-refractivity contribution is -0.141. The molecule has 0 bridgehead atoms. The molecule has 0 spiro atoms. The van der Waals surface area contributed by atoms with Gasteiger partial charge in [0.05, 0.1) is 0 Å². The Bertz CT molecular complexity index is 507. The normalized spacial score (nSPS) is 31.8. The van der Waals surface area contributed by atoms with Crippen molar-refractivity contribution in [3.05, 3.63) is 29.6 Å². The molecular weight excluding hydrogens is 311 g/mol. The van der Waals surface area contributed by atoms with E-state index >= 15 is 0 Å². The summed E-state index contributed by atoms with van der Waals surface area (Å²) in [6.45, 7) is 2.30. The van der Waals surface area contributed by atoms with Crippen molar-refractivity contribution in [1.82, 2.24) is 4.98 Å². The number of aromatic nitrogens is 1. The third kappa shape index (κ3) is 4.12. The molecule has 0 aliphatic heterocycles. The Morgan fingerprint density at radius 2 is 1.50 bits per heavy atom. The molecule has 0 atom stereocenters. The molecule has 1 nitrogen and oxygen atoms in total. The number of nitrogens with zero attached hydrogens (tertiary/aromatic N) is 1. The molecule has 2 aliphatic carbocycles. The molecule has 2 fully saturated rings. The van der Waals surface area contributed by atoms with Crippen molar-refractivity contribution in [2.45, 2.75) is 76.8 Å². The average molecular weight is 339 g/mol. The van der Waals surface area contributed by atoms with Crippen LogP contribution in [0, 0.1) is 17.8 Å². The molecule has 0 amide bonds. The number of halogens is 3. The van der Waals surface area contributed by atoms with Crippen molar-refractivity contribution < 1.29 is 13.2 Å². The fraction of sp³-hybridized carbons (Fsp3) is 0.750. The Labute approximate surface area is 143 Å². The molecule has 0 N–H and O–H groups in total.